The van der Waals surface area contributed by atoms with Gasteiger partial charge >= 0.3 is 0 Å². The Morgan fingerprint density at radius 2 is 2.00 bits per heavy atom. The molecule has 0 heterocycles. The van der Waals surface area contributed by atoms with Crippen molar-refractivity contribution in [1.29, 1.82) is 0 Å². The Morgan fingerprint density at radius 1 is 1.29 bits per heavy atom. The molecule has 3 heteroatoms. The summed E-state index contributed by atoms with van der Waals surface area (Å²) >= 11 is 0. The van der Waals surface area contributed by atoms with Crippen LogP contribution in [-0.2, 0) is 4.74 Å². The fraction of sp³-hybridized carbons (Fsp3) is 1.00. The Labute approximate surface area is 86.8 Å². The fourth-order valence-corrected chi connectivity index (χ4v) is 2.04. The predicted molar refractivity (Wildman–Crippen MR) is 57.4 cm³/mol. The lowest BCUT2D eigenvalue weighted by Gasteiger charge is -2.28. The summed E-state index contributed by atoms with van der Waals surface area (Å²) in [6.45, 7) is 4.18. The van der Waals surface area contributed by atoms with Gasteiger partial charge in [-0.1, -0.05) is 6.92 Å². The van der Waals surface area contributed by atoms with Crippen molar-refractivity contribution in [2.75, 3.05) is 19.8 Å². The Kier molecular flexibility index (Phi) is 6.15. The second-order valence-electron chi connectivity index (χ2n) is 3.98. The molecule has 0 radical (unpaired) electrons. The van der Waals surface area contributed by atoms with Crippen LogP contribution in [0, 0.1) is 0 Å². The zero-order valence-electron chi connectivity index (χ0n) is 9.17. The maximum atomic E-state index is 8.62. The average molecular weight is 201 g/mol. The molecule has 1 fully saturated rings. The summed E-state index contributed by atoms with van der Waals surface area (Å²) in [5.74, 6) is 0. The number of nitrogens with one attached hydrogen (secondary N) is 1. The first-order chi connectivity index (χ1) is 6.86. The van der Waals surface area contributed by atoms with Crippen molar-refractivity contribution in [2.45, 2.75) is 51.2 Å². The van der Waals surface area contributed by atoms with E-state index in [0.717, 1.165) is 13.0 Å². The van der Waals surface area contributed by atoms with E-state index in [4.69, 9.17) is 9.84 Å². The quantitative estimate of drug-likeness (QED) is 0.637. The normalized spacial score (nSPS) is 27.9. The molecule has 0 aromatic heterocycles. The van der Waals surface area contributed by atoms with Crippen LogP contribution in [0.15, 0.2) is 0 Å². The van der Waals surface area contributed by atoms with E-state index in [9.17, 15) is 0 Å². The third-order valence-corrected chi connectivity index (χ3v) is 2.82. The molecular formula is C11H23NO2. The van der Waals surface area contributed by atoms with Crippen molar-refractivity contribution in [2.24, 2.45) is 0 Å². The number of ether oxygens (including phenoxy) is 1. The summed E-state index contributed by atoms with van der Waals surface area (Å²) in [5, 5.41) is 12.1. The van der Waals surface area contributed by atoms with E-state index in [1.807, 2.05) is 0 Å². The zero-order valence-corrected chi connectivity index (χ0v) is 9.17. The van der Waals surface area contributed by atoms with Crippen molar-refractivity contribution in [3.63, 3.8) is 0 Å². The van der Waals surface area contributed by atoms with Crippen LogP contribution < -0.4 is 5.32 Å². The van der Waals surface area contributed by atoms with Gasteiger partial charge in [0.25, 0.3) is 0 Å². The number of hydrogen-bond donors (Lipinski definition) is 2. The molecule has 1 aliphatic carbocycles. The second-order valence-corrected chi connectivity index (χ2v) is 3.98. The maximum absolute atomic E-state index is 8.62. The molecule has 3 nitrogen and oxygen atoms in total. The highest BCUT2D eigenvalue weighted by Gasteiger charge is 2.20. The molecule has 0 bridgehead atoms. The topological polar surface area (TPSA) is 41.5 Å². The summed E-state index contributed by atoms with van der Waals surface area (Å²) in [4.78, 5) is 0. The van der Waals surface area contributed by atoms with Gasteiger partial charge in [0.1, 0.15) is 0 Å². The molecule has 0 spiro atoms. The van der Waals surface area contributed by atoms with E-state index in [1.54, 1.807) is 0 Å². The van der Waals surface area contributed by atoms with Crippen molar-refractivity contribution >= 4 is 0 Å². The highest BCUT2D eigenvalue weighted by molar-refractivity contribution is 4.76. The molecule has 1 rings (SSSR count). The average Bonchev–Trinajstić information content (AvgIpc) is 2.21. The Morgan fingerprint density at radius 3 is 2.57 bits per heavy atom. The Bertz CT molecular complexity index is 133. The van der Waals surface area contributed by atoms with E-state index in [-0.39, 0.29) is 6.61 Å². The van der Waals surface area contributed by atoms with Gasteiger partial charge in [0, 0.05) is 19.3 Å². The van der Waals surface area contributed by atoms with Crippen molar-refractivity contribution < 1.29 is 9.84 Å². The third-order valence-electron chi connectivity index (χ3n) is 2.82. The van der Waals surface area contributed by atoms with Crippen molar-refractivity contribution in [3.05, 3.63) is 0 Å². The highest BCUT2D eigenvalue weighted by atomic mass is 16.5. The first-order valence-corrected chi connectivity index (χ1v) is 5.82. The van der Waals surface area contributed by atoms with Crippen LogP contribution in [-0.4, -0.2) is 37.0 Å². The molecule has 1 aliphatic rings. The van der Waals surface area contributed by atoms with E-state index in [1.165, 1.54) is 25.7 Å². The van der Waals surface area contributed by atoms with E-state index in [0.29, 0.717) is 18.8 Å². The largest absolute Gasteiger partial charge is 0.396 e. The lowest BCUT2D eigenvalue weighted by Crippen LogP contribution is -2.35. The maximum Gasteiger partial charge on any atom is 0.0576 e. The van der Waals surface area contributed by atoms with Crippen LogP contribution in [0.1, 0.15) is 39.0 Å². The minimum atomic E-state index is 0.243. The van der Waals surface area contributed by atoms with Gasteiger partial charge in [-0.05, 0) is 38.6 Å². The molecule has 0 aromatic rings. The lowest BCUT2D eigenvalue weighted by molar-refractivity contribution is 0.0161. The summed E-state index contributed by atoms with van der Waals surface area (Å²) in [7, 11) is 0. The molecule has 1 saturated carbocycles. The molecule has 0 aliphatic heterocycles. The number of aliphatic hydroxyl groups excluding tert-OH is 1. The molecule has 0 unspecified atom stereocenters. The van der Waals surface area contributed by atoms with E-state index >= 15 is 0 Å². The van der Waals surface area contributed by atoms with Crippen LogP contribution in [0.2, 0.25) is 0 Å². The van der Waals surface area contributed by atoms with Gasteiger partial charge in [-0.25, -0.2) is 0 Å². The highest BCUT2D eigenvalue weighted by Crippen LogP contribution is 2.21. The first-order valence-electron chi connectivity index (χ1n) is 5.82. The standard InChI is InChI=1S/C11H23NO2/c1-2-12-10-4-6-11(7-5-10)14-9-3-8-13/h10-13H,2-9H2,1H3. The Balaban J connectivity index is 2.03. The molecule has 0 atom stereocenters. The van der Waals surface area contributed by atoms with Gasteiger partial charge in [0.05, 0.1) is 6.10 Å². The summed E-state index contributed by atoms with van der Waals surface area (Å²) in [5.41, 5.74) is 0. The van der Waals surface area contributed by atoms with Gasteiger partial charge in [-0.2, -0.15) is 0 Å². The van der Waals surface area contributed by atoms with Crippen LogP contribution in [0.25, 0.3) is 0 Å². The molecule has 2 N–H and O–H groups in total. The smallest absolute Gasteiger partial charge is 0.0576 e. The zero-order chi connectivity index (χ0) is 10.2. The van der Waals surface area contributed by atoms with Crippen LogP contribution in [0.4, 0.5) is 0 Å². The van der Waals surface area contributed by atoms with Gasteiger partial charge in [-0.3, -0.25) is 0 Å². The monoisotopic (exact) mass is 201 g/mol. The van der Waals surface area contributed by atoms with Crippen LogP contribution in [0.5, 0.6) is 0 Å². The number of rotatable bonds is 6. The van der Waals surface area contributed by atoms with Gasteiger partial charge in [0.15, 0.2) is 0 Å². The predicted octanol–water partition coefficient (Wildman–Crippen LogP) is 1.31. The minimum Gasteiger partial charge on any atom is -0.396 e. The van der Waals surface area contributed by atoms with Crippen molar-refractivity contribution in [1.82, 2.24) is 5.32 Å². The first kappa shape index (κ1) is 12.0. The van der Waals surface area contributed by atoms with Crippen LogP contribution >= 0.6 is 0 Å². The number of hydrogen-bond acceptors (Lipinski definition) is 3. The molecular weight excluding hydrogens is 178 g/mol. The number of aliphatic hydroxyl groups is 1. The Hall–Kier alpha value is -0.120. The van der Waals surface area contributed by atoms with E-state index < -0.39 is 0 Å². The van der Waals surface area contributed by atoms with Crippen molar-refractivity contribution in [3.8, 4) is 0 Å². The third kappa shape index (κ3) is 4.40. The molecule has 0 amide bonds. The van der Waals surface area contributed by atoms with Gasteiger partial charge in [-0.15, -0.1) is 0 Å². The summed E-state index contributed by atoms with van der Waals surface area (Å²) in [6, 6.07) is 0.706. The molecule has 0 aromatic carbocycles. The SMILES string of the molecule is CCNC1CCC(OCCCO)CC1. The van der Waals surface area contributed by atoms with E-state index in [2.05, 4.69) is 12.2 Å². The van der Waals surface area contributed by atoms with Gasteiger partial charge < -0.3 is 15.2 Å². The summed E-state index contributed by atoms with van der Waals surface area (Å²) < 4.78 is 5.66. The summed E-state index contributed by atoms with van der Waals surface area (Å²) in [6.07, 6.45) is 6.02. The molecule has 14 heavy (non-hydrogen) atoms. The van der Waals surface area contributed by atoms with Crippen LogP contribution in [0.3, 0.4) is 0 Å². The van der Waals surface area contributed by atoms with Gasteiger partial charge in [0.2, 0.25) is 0 Å². The lowest BCUT2D eigenvalue weighted by atomic mass is 9.93. The fourth-order valence-electron chi connectivity index (χ4n) is 2.04. The molecule has 0 saturated heterocycles. The molecule has 84 valence electrons. The second kappa shape index (κ2) is 7.21. The minimum absolute atomic E-state index is 0.243.